The van der Waals surface area contributed by atoms with Gasteiger partial charge in [-0.2, -0.15) is 0 Å². The second kappa shape index (κ2) is 8.14. The zero-order chi connectivity index (χ0) is 15.9. The molecule has 21 heavy (non-hydrogen) atoms. The predicted octanol–water partition coefficient (Wildman–Crippen LogP) is 1.82. The molecule has 1 aromatic carbocycles. The van der Waals surface area contributed by atoms with E-state index in [1.165, 1.54) is 12.1 Å². The molecule has 0 aliphatic carbocycles. The van der Waals surface area contributed by atoms with E-state index in [1.54, 1.807) is 12.1 Å². The molecular weight excluding hydrogens is 288 g/mol. The van der Waals surface area contributed by atoms with Crippen molar-refractivity contribution in [3.8, 4) is 0 Å². The van der Waals surface area contributed by atoms with Crippen LogP contribution in [0.25, 0.3) is 0 Å². The lowest BCUT2D eigenvalue weighted by Crippen LogP contribution is -2.26. The van der Waals surface area contributed by atoms with Crippen LogP contribution in [-0.2, 0) is 21.2 Å². The van der Waals surface area contributed by atoms with Crippen molar-refractivity contribution < 1.29 is 13.2 Å². The van der Waals surface area contributed by atoms with Gasteiger partial charge in [0, 0.05) is 13.0 Å². The Morgan fingerprint density at radius 3 is 2.43 bits per heavy atom. The molecule has 1 amide bonds. The number of aryl methyl sites for hydroxylation is 1. The third-order valence-electron chi connectivity index (χ3n) is 3.45. The largest absolute Gasteiger partial charge is 0.356 e. The highest BCUT2D eigenvalue weighted by atomic mass is 32.2. The van der Waals surface area contributed by atoms with Gasteiger partial charge in [-0.15, -0.1) is 0 Å². The monoisotopic (exact) mass is 312 g/mol. The molecule has 0 heterocycles. The van der Waals surface area contributed by atoms with Crippen LogP contribution in [0.1, 0.15) is 38.7 Å². The lowest BCUT2D eigenvalue weighted by atomic mass is 10.0. The molecular formula is C15H24N2O3S. The Morgan fingerprint density at radius 2 is 1.90 bits per heavy atom. The van der Waals surface area contributed by atoms with Crippen LogP contribution < -0.4 is 10.5 Å². The van der Waals surface area contributed by atoms with E-state index in [-0.39, 0.29) is 10.8 Å². The lowest BCUT2D eigenvalue weighted by molar-refractivity contribution is -0.121. The highest BCUT2D eigenvalue weighted by Crippen LogP contribution is 2.10. The number of amides is 1. The second-order valence-electron chi connectivity index (χ2n) is 5.36. The molecule has 1 unspecified atom stereocenters. The fraction of sp³-hybridized carbons (Fsp3) is 0.533. The first kappa shape index (κ1) is 17.7. The summed E-state index contributed by atoms with van der Waals surface area (Å²) in [7, 11) is -3.63. The minimum absolute atomic E-state index is 0.0916. The number of hydrogen-bond donors (Lipinski definition) is 2. The first-order chi connectivity index (χ1) is 9.82. The smallest absolute Gasteiger partial charge is 0.238 e. The zero-order valence-electron chi connectivity index (χ0n) is 12.6. The van der Waals surface area contributed by atoms with E-state index in [9.17, 15) is 13.2 Å². The van der Waals surface area contributed by atoms with Gasteiger partial charge >= 0.3 is 0 Å². The molecule has 1 rings (SSSR count). The van der Waals surface area contributed by atoms with Gasteiger partial charge in [-0.25, -0.2) is 13.6 Å². The summed E-state index contributed by atoms with van der Waals surface area (Å²) in [6.07, 6.45) is 3.18. The molecule has 0 aliphatic rings. The van der Waals surface area contributed by atoms with Gasteiger partial charge in [0.2, 0.25) is 15.9 Å². The van der Waals surface area contributed by atoms with Gasteiger partial charge < -0.3 is 5.32 Å². The number of primary sulfonamides is 1. The maximum atomic E-state index is 11.6. The van der Waals surface area contributed by atoms with Crippen molar-refractivity contribution in [1.82, 2.24) is 5.32 Å². The summed E-state index contributed by atoms with van der Waals surface area (Å²) in [5, 5.41) is 7.94. The summed E-state index contributed by atoms with van der Waals surface area (Å²) < 4.78 is 22.2. The summed E-state index contributed by atoms with van der Waals surface area (Å²) in [5.74, 6) is 0.504. The molecule has 0 saturated carbocycles. The number of nitrogens with one attached hydrogen (secondary N) is 1. The molecule has 118 valence electrons. The topological polar surface area (TPSA) is 89.3 Å². The van der Waals surface area contributed by atoms with E-state index in [1.807, 2.05) is 0 Å². The standard InChI is InChI=1S/C15H24N2O3S/c1-3-12(2)11-15(18)17-10-4-5-13-6-8-14(9-7-13)21(16,19)20/h6-9,12H,3-5,10-11H2,1-2H3,(H,17,18)(H2,16,19,20). The van der Waals surface area contributed by atoms with Crippen molar-refractivity contribution in [3.63, 3.8) is 0 Å². The van der Waals surface area contributed by atoms with Gasteiger partial charge in [-0.3, -0.25) is 4.79 Å². The molecule has 3 N–H and O–H groups in total. The molecule has 0 aliphatic heterocycles. The minimum atomic E-state index is -3.63. The van der Waals surface area contributed by atoms with Gasteiger partial charge in [0.1, 0.15) is 0 Å². The highest BCUT2D eigenvalue weighted by Gasteiger charge is 2.07. The minimum Gasteiger partial charge on any atom is -0.356 e. The molecule has 6 heteroatoms. The van der Waals surface area contributed by atoms with Crippen molar-refractivity contribution >= 4 is 15.9 Å². The fourth-order valence-corrected chi connectivity index (χ4v) is 2.41. The van der Waals surface area contributed by atoms with E-state index < -0.39 is 10.0 Å². The molecule has 1 atom stereocenters. The average Bonchev–Trinajstić information content (AvgIpc) is 2.43. The number of carbonyl (C=O) groups is 1. The Kier molecular flexibility index (Phi) is 6.84. The van der Waals surface area contributed by atoms with E-state index in [4.69, 9.17) is 5.14 Å². The molecule has 5 nitrogen and oxygen atoms in total. The normalized spacial score (nSPS) is 12.9. The summed E-state index contributed by atoms with van der Waals surface area (Å²) in [5.41, 5.74) is 1.03. The maximum Gasteiger partial charge on any atom is 0.238 e. The highest BCUT2D eigenvalue weighted by molar-refractivity contribution is 7.89. The van der Waals surface area contributed by atoms with Crippen LogP contribution in [0.4, 0.5) is 0 Å². The number of nitrogens with two attached hydrogens (primary N) is 1. The van der Waals surface area contributed by atoms with Crippen molar-refractivity contribution in [2.75, 3.05) is 6.54 Å². The van der Waals surface area contributed by atoms with E-state index >= 15 is 0 Å². The summed E-state index contributed by atoms with van der Waals surface area (Å²) >= 11 is 0. The number of sulfonamides is 1. The molecule has 0 bridgehead atoms. The second-order valence-corrected chi connectivity index (χ2v) is 6.92. The first-order valence-corrected chi connectivity index (χ1v) is 8.76. The van der Waals surface area contributed by atoms with Crippen molar-refractivity contribution in [2.24, 2.45) is 11.1 Å². The predicted molar refractivity (Wildman–Crippen MR) is 83.2 cm³/mol. The quantitative estimate of drug-likeness (QED) is 0.718. The van der Waals surface area contributed by atoms with Crippen LogP contribution in [0.5, 0.6) is 0 Å². The van der Waals surface area contributed by atoms with Gasteiger partial charge in [-0.1, -0.05) is 32.4 Å². The SMILES string of the molecule is CCC(C)CC(=O)NCCCc1ccc(S(N)(=O)=O)cc1. The summed E-state index contributed by atoms with van der Waals surface area (Å²) in [6.45, 7) is 4.77. The van der Waals surface area contributed by atoms with Crippen molar-refractivity contribution in [3.05, 3.63) is 29.8 Å². The zero-order valence-corrected chi connectivity index (χ0v) is 13.4. The molecule has 0 radical (unpaired) electrons. The van der Waals surface area contributed by atoms with Crippen LogP contribution in [0.3, 0.4) is 0 Å². The first-order valence-electron chi connectivity index (χ1n) is 7.21. The fourth-order valence-electron chi connectivity index (χ4n) is 1.90. The number of rotatable bonds is 8. The van der Waals surface area contributed by atoms with Crippen LogP contribution >= 0.6 is 0 Å². The lowest BCUT2D eigenvalue weighted by Gasteiger charge is -2.09. The molecule has 0 spiro atoms. The molecule has 0 saturated heterocycles. The van der Waals surface area contributed by atoms with Crippen LogP contribution in [0.2, 0.25) is 0 Å². The van der Waals surface area contributed by atoms with Crippen LogP contribution in [0.15, 0.2) is 29.2 Å². The number of carbonyl (C=O) groups excluding carboxylic acids is 1. The summed E-state index contributed by atoms with van der Waals surface area (Å²) in [4.78, 5) is 11.7. The van der Waals surface area contributed by atoms with Crippen molar-refractivity contribution in [2.45, 2.75) is 44.4 Å². The van der Waals surface area contributed by atoms with Crippen LogP contribution in [0, 0.1) is 5.92 Å². The molecule has 1 aromatic rings. The van der Waals surface area contributed by atoms with E-state index in [0.717, 1.165) is 24.8 Å². The Morgan fingerprint density at radius 1 is 1.29 bits per heavy atom. The van der Waals surface area contributed by atoms with Gasteiger partial charge in [0.05, 0.1) is 4.90 Å². The molecule has 0 fully saturated rings. The average molecular weight is 312 g/mol. The third kappa shape index (κ3) is 6.73. The Bertz CT molecular complexity index is 553. The number of benzene rings is 1. The number of hydrogen-bond acceptors (Lipinski definition) is 3. The van der Waals surface area contributed by atoms with Crippen LogP contribution in [-0.4, -0.2) is 20.9 Å². The van der Waals surface area contributed by atoms with Crippen molar-refractivity contribution in [1.29, 1.82) is 0 Å². The van der Waals surface area contributed by atoms with Gasteiger partial charge in [0.25, 0.3) is 0 Å². The third-order valence-corrected chi connectivity index (χ3v) is 4.38. The van der Waals surface area contributed by atoms with Gasteiger partial charge in [-0.05, 0) is 36.5 Å². The Balaban J connectivity index is 2.32. The van der Waals surface area contributed by atoms with E-state index in [2.05, 4.69) is 19.2 Å². The van der Waals surface area contributed by atoms with Gasteiger partial charge in [0.15, 0.2) is 0 Å². The summed E-state index contributed by atoms with van der Waals surface area (Å²) in [6, 6.07) is 6.51. The Hall–Kier alpha value is -1.40. The maximum absolute atomic E-state index is 11.6. The van der Waals surface area contributed by atoms with E-state index in [0.29, 0.717) is 18.9 Å². The Labute approximate surface area is 127 Å². The molecule has 0 aromatic heterocycles.